The quantitative estimate of drug-likeness (QED) is 0.736. The SMILES string of the molecule is O=C(Nc1cccc2cccnc12)c1cc(NCC2CCCO2)ncn1. The lowest BCUT2D eigenvalue weighted by Crippen LogP contribution is -2.20. The first kappa shape index (κ1) is 16.4. The lowest BCUT2D eigenvalue weighted by molar-refractivity contribution is 0.102. The summed E-state index contributed by atoms with van der Waals surface area (Å²) in [5.74, 6) is 0.308. The lowest BCUT2D eigenvalue weighted by Gasteiger charge is -2.12. The first-order valence-corrected chi connectivity index (χ1v) is 8.62. The molecule has 1 saturated heterocycles. The van der Waals surface area contributed by atoms with Gasteiger partial charge in [-0.25, -0.2) is 9.97 Å². The van der Waals surface area contributed by atoms with Gasteiger partial charge in [0.2, 0.25) is 0 Å². The number of carbonyl (C=O) groups is 1. The minimum atomic E-state index is -0.300. The van der Waals surface area contributed by atoms with Crippen LogP contribution in [0.15, 0.2) is 48.9 Å². The van der Waals surface area contributed by atoms with Crippen LogP contribution in [-0.2, 0) is 4.74 Å². The monoisotopic (exact) mass is 349 g/mol. The largest absolute Gasteiger partial charge is 0.376 e. The molecule has 1 aliphatic rings. The third-order valence-electron chi connectivity index (χ3n) is 4.32. The van der Waals surface area contributed by atoms with Crippen LogP contribution in [0.4, 0.5) is 11.5 Å². The molecule has 0 aliphatic carbocycles. The van der Waals surface area contributed by atoms with E-state index in [0.717, 1.165) is 30.4 Å². The van der Waals surface area contributed by atoms with Crippen molar-refractivity contribution in [1.29, 1.82) is 0 Å². The van der Waals surface area contributed by atoms with Crippen molar-refractivity contribution in [2.24, 2.45) is 0 Å². The summed E-state index contributed by atoms with van der Waals surface area (Å²) in [6.45, 7) is 1.48. The van der Waals surface area contributed by atoms with Crippen LogP contribution < -0.4 is 10.6 Å². The van der Waals surface area contributed by atoms with E-state index in [-0.39, 0.29) is 12.0 Å². The van der Waals surface area contributed by atoms with Gasteiger partial charge < -0.3 is 15.4 Å². The summed E-state index contributed by atoms with van der Waals surface area (Å²) in [5.41, 5.74) is 1.69. The molecular formula is C19H19N5O2. The number of anilines is 2. The molecule has 1 aromatic carbocycles. The number of pyridine rings is 1. The van der Waals surface area contributed by atoms with E-state index in [2.05, 4.69) is 25.6 Å². The Hall–Kier alpha value is -3.06. The minimum absolute atomic E-state index is 0.198. The molecule has 7 nitrogen and oxygen atoms in total. The van der Waals surface area contributed by atoms with Crippen LogP contribution in [0.2, 0.25) is 0 Å². The molecule has 1 amide bonds. The molecule has 3 heterocycles. The topological polar surface area (TPSA) is 89.0 Å². The standard InChI is InChI=1S/C19H19N5O2/c25-19(24-15-7-1-4-13-5-2-8-20-18(13)15)16-10-17(23-12-22-16)21-11-14-6-3-9-26-14/h1-2,4-5,7-8,10,12,14H,3,6,9,11H2,(H,24,25)(H,21,22,23). The van der Waals surface area contributed by atoms with E-state index in [4.69, 9.17) is 4.74 Å². The van der Waals surface area contributed by atoms with Crippen LogP contribution in [0, 0.1) is 0 Å². The minimum Gasteiger partial charge on any atom is -0.376 e. The summed E-state index contributed by atoms with van der Waals surface area (Å²) in [7, 11) is 0. The van der Waals surface area contributed by atoms with Gasteiger partial charge in [-0.3, -0.25) is 9.78 Å². The fourth-order valence-electron chi connectivity index (χ4n) is 2.99. The number of amides is 1. The molecule has 132 valence electrons. The van der Waals surface area contributed by atoms with E-state index in [1.165, 1.54) is 6.33 Å². The van der Waals surface area contributed by atoms with Gasteiger partial charge in [0, 0.05) is 30.8 Å². The predicted octanol–water partition coefficient (Wildman–Crippen LogP) is 2.87. The molecule has 1 fully saturated rings. The molecular weight excluding hydrogens is 330 g/mol. The highest BCUT2D eigenvalue weighted by Crippen LogP contribution is 2.21. The highest BCUT2D eigenvalue weighted by atomic mass is 16.5. The Morgan fingerprint density at radius 3 is 3.00 bits per heavy atom. The van der Waals surface area contributed by atoms with Gasteiger partial charge in [0.05, 0.1) is 17.3 Å². The Morgan fingerprint density at radius 2 is 2.12 bits per heavy atom. The van der Waals surface area contributed by atoms with Crippen LogP contribution in [0.1, 0.15) is 23.3 Å². The smallest absolute Gasteiger partial charge is 0.274 e. The highest BCUT2D eigenvalue weighted by Gasteiger charge is 2.16. The number of carbonyl (C=O) groups excluding carboxylic acids is 1. The fraction of sp³-hybridized carbons (Fsp3) is 0.263. The molecule has 0 radical (unpaired) electrons. The Balaban J connectivity index is 1.48. The molecule has 1 aliphatic heterocycles. The van der Waals surface area contributed by atoms with E-state index in [0.29, 0.717) is 23.7 Å². The molecule has 4 rings (SSSR count). The Bertz CT molecular complexity index is 919. The maximum absolute atomic E-state index is 12.6. The molecule has 3 aromatic rings. The van der Waals surface area contributed by atoms with Crippen LogP contribution in [0.5, 0.6) is 0 Å². The van der Waals surface area contributed by atoms with E-state index >= 15 is 0 Å². The van der Waals surface area contributed by atoms with Crippen molar-refractivity contribution in [1.82, 2.24) is 15.0 Å². The number of fused-ring (bicyclic) bond motifs is 1. The van der Waals surface area contributed by atoms with Gasteiger partial charge in [-0.2, -0.15) is 0 Å². The van der Waals surface area contributed by atoms with Crippen LogP contribution in [0.3, 0.4) is 0 Å². The van der Waals surface area contributed by atoms with Crippen molar-refractivity contribution in [2.75, 3.05) is 23.8 Å². The number of benzene rings is 1. The highest BCUT2D eigenvalue weighted by molar-refractivity contribution is 6.07. The number of rotatable bonds is 5. The Morgan fingerprint density at radius 1 is 1.19 bits per heavy atom. The van der Waals surface area contributed by atoms with Crippen molar-refractivity contribution >= 4 is 28.3 Å². The second-order valence-electron chi connectivity index (χ2n) is 6.14. The van der Waals surface area contributed by atoms with Crippen molar-refractivity contribution in [3.63, 3.8) is 0 Å². The Labute approximate surface area is 150 Å². The van der Waals surface area contributed by atoms with Crippen molar-refractivity contribution in [3.05, 3.63) is 54.6 Å². The van der Waals surface area contributed by atoms with Crippen molar-refractivity contribution in [2.45, 2.75) is 18.9 Å². The molecule has 1 atom stereocenters. The maximum Gasteiger partial charge on any atom is 0.274 e. The number of para-hydroxylation sites is 1. The third kappa shape index (κ3) is 3.62. The summed E-state index contributed by atoms with van der Waals surface area (Å²) in [4.78, 5) is 25.2. The molecule has 2 aromatic heterocycles. The summed E-state index contributed by atoms with van der Waals surface area (Å²) < 4.78 is 5.58. The Kier molecular flexibility index (Phi) is 4.70. The third-order valence-corrected chi connectivity index (χ3v) is 4.32. The summed E-state index contributed by atoms with van der Waals surface area (Å²) in [6.07, 6.45) is 5.41. The van der Waals surface area contributed by atoms with Crippen molar-refractivity contribution < 1.29 is 9.53 Å². The molecule has 26 heavy (non-hydrogen) atoms. The molecule has 2 N–H and O–H groups in total. The van der Waals surface area contributed by atoms with Gasteiger partial charge >= 0.3 is 0 Å². The second-order valence-corrected chi connectivity index (χ2v) is 6.14. The van der Waals surface area contributed by atoms with Gasteiger partial charge in [-0.15, -0.1) is 0 Å². The molecule has 0 spiro atoms. The van der Waals surface area contributed by atoms with Gasteiger partial charge in [0.15, 0.2) is 0 Å². The number of nitrogens with zero attached hydrogens (tertiary/aromatic N) is 3. The second kappa shape index (κ2) is 7.45. The number of hydrogen-bond donors (Lipinski definition) is 2. The van der Waals surface area contributed by atoms with E-state index in [1.54, 1.807) is 12.3 Å². The fourth-order valence-corrected chi connectivity index (χ4v) is 2.99. The van der Waals surface area contributed by atoms with Gasteiger partial charge in [-0.05, 0) is 25.0 Å². The number of ether oxygens (including phenoxy) is 1. The zero-order chi connectivity index (χ0) is 17.8. The first-order valence-electron chi connectivity index (χ1n) is 8.62. The van der Waals surface area contributed by atoms with Crippen molar-refractivity contribution in [3.8, 4) is 0 Å². The molecule has 7 heteroatoms. The van der Waals surface area contributed by atoms with Crippen LogP contribution in [-0.4, -0.2) is 40.1 Å². The predicted molar refractivity (Wildman–Crippen MR) is 99.2 cm³/mol. The molecule has 0 bridgehead atoms. The maximum atomic E-state index is 12.6. The van der Waals surface area contributed by atoms with Crippen LogP contribution >= 0.6 is 0 Å². The normalized spacial score (nSPS) is 16.5. The molecule has 0 saturated carbocycles. The number of hydrogen-bond acceptors (Lipinski definition) is 6. The number of nitrogens with one attached hydrogen (secondary N) is 2. The van der Waals surface area contributed by atoms with Gasteiger partial charge in [0.25, 0.3) is 5.91 Å². The average Bonchev–Trinajstić information content (AvgIpc) is 3.20. The summed E-state index contributed by atoms with van der Waals surface area (Å²) in [6, 6.07) is 11.1. The molecule has 1 unspecified atom stereocenters. The first-order chi connectivity index (χ1) is 12.8. The zero-order valence-corrected chi connectivity index (χ0v) is 14.2. The van der Waals surface area contributed by atoms with E-state index in [9.17, 15) is 4.79 Å². The lowest BCUT2D eigenvalue weighted by atomic mass is 10.2. The average molecular weight is 349 g/mol. The van der Waals surface area contributed by atoms with Crippen LogP contribution in [0.25, 0.3) is 10.9 Å². The van der Waals surface area contributed by atoms with Gasteiger partial charge in [0.1, 0.15) is 17.8 Å². The summed E-state index contributed by atoms with van der Waals surface area (Å²) >= 11 is 0. The summed E-state index contributed by atoms with van der Waals surface area (Å²) in [5, 5.41) is 7.05. The van der Waals surface area contributed by atoms with E-state index in [1.807, 2.05) is 30.3 Å². The zero-order valence-electron chi connectivity index (χ0n) is 14.2. The van der Waals surface area contributed by atoms with Gasteiger partial charge in [-0.1, -0.05) is 18.2 Å². The van der Waals surface area contributed by atoms with E-state index < -0.39 is 0 Å². The number of aromatic nitrogens is 3.